The zero-order chi connectivity index (χ0) is 11.6. The highest BCUT2D eigenvalue weighted by Gasteiger charge is 2.43. The molecule has 1 aromatic rings. The van der Waals surface area contributed by atoms with E-state index >= 15 is 0 Å². The van der Waals surface area contributed by atoms with Crippen LogP contribution in [0.4, 0.5) is 0 Å². The van der Waals surface area contributed by atoms with Gasteiger partial charge in [-0.25, -0.2) is 0 Å². The first-order chi connectivity index (χ1) is 7.69. The predicted molar refractivity (Wildman–Crippen MR) is 66.8 cm³/mol. The molecule has 1 saturated carbocycles. The van der Waals surface area contributed by atoms with Crippen LogP contribution in [0.15, 0.2) is 24.3 Å². The van der Waals surface area contributed by atoms with Gasteiger partial charge in [-0.15, -0.1) is 0 Å². The summed E-state index contributed by atoms with van der Waals surface area (Å²) in [6, 6.07) is 8.15. The Balaban J connectivity index is 2.24. The highest BCUT2D eigenvalue weighted by molar-refractivity contribution is 6.30. The van der Waals surface area contributed by atoms with Crippen LogP contribution in [0, 0.1) is 0 Å². The van der Waals surface area contributed by atoms with Gasteiger partial charge in [0.25, 0.3) is 0 Å². The van der Waals surface area contributed by atoms with E-state index in [4.69, 9.17) is 22.1 Å². The van der Waals surface area contributed by atoms with Crippen molar-refractivity contribution in [3.05, 3.63) is 34.9 Å². The number of nitrogens with two attached hydrogens (primary N) is 1. The lowest BCUT2D eigenvalue weighted by Crippen LogP contribution is -2.52. The number of ether oxygens (including phenoxy) is 1. The highest BCUT2D eigenvalue weighted by Crippen LogP contribution is 2.46. The van der Waals surface area contributed by atoms with E-state index in [9.17, 15) is 0 Å². The van der Waals surface area contributed by atoms with E-state index in [1.165, 1.54) is 12.0 Å². The monoisotopic (exact) mass is 239 g/mol. The van der Waals surface area contributed by atoms with E-state index in [0.717, 1.165) is 17.9 Å². The maximum Gasteiger partial charge on any atom is 0.0622 e. The molecule has 2 rings (SSSR count). The van der Waals surface area contributed by atoms with Crippen LogP contribution in [0.3, 0.4) is 0 Å². The third kappa shape index (κ3) is 1.97. The summed E-state index contributed by atoms with van der Waals surface area (Å²) in [7, 11) is 1.70. The van der Waals surface area contributed by atoms with Gasteiger partial charge in [-0.1, -0.05) is 30.2 Å². The predicted octanol–water partition coefficient (Wildman–Crippen LogP) is 2.74. The maximum absolute atomic E-state index is 6.24. The summed E-state index contributed by atoms with van der Waals surface area (Å²) >= 11 is 5.91. The van der Waals surface area contributed by atoms with E-state index in [1.807, 2.05) is 12.1 Å². The van der Waals surface area contributed by atoms with Crippen LogP contribution in [-0.2, 0) is 10.2 Å². The molecule has 0 amide bonds. The topological polar surface area (TPSA) is 35.2 Å². The highest BCUT2D eigenvalue weighted by atomic mass is 35.5. The van der Waals surface area contributed by atoms with Gasteiger partial charge >= 0.3 is 0 Å². The van der Waals surface area contributed by atoms with Gasteiger partial charge in [0.2, 0.25) is 0 Å². The second-order valence-corrected chi connectivity index (χ2v) is 5.01. The van der Waals surface area contributed by atoms with Crippen LogP contribution >= 0.6 is 11.6 Å². The lowest BCUT2D eigenvalue weighted by atomic mass is 9.60. The Morgan fingerprint density at radius 2 is 2.00 bits per heavy atom. The van der Waals surface area contributed by atoms with Crippen LogP contribution in [0.2, 0.25) is 5.02 Å². The average molecular weight is 240 g/mol. The van der Waals surface area contributed by atoms with Crippen molar-refractivity contribution in [1.29, 1.82) is 0 Å². The standard InChI is InChI=1S/C13H18ClNO/c1-16-9-12(15)13(7-2-8-13)10-3-5-11(14)6-4-10/h3-6,12H,2,7-9,15H2,1H3. The van der Waals surface area contributed by atoms with Gasteiger partial charge in [0.1, 0.15) is 0 Å². The SMILES string of the molecule is COCC(N)C1(c2ccc(Cl)cc2)CCC1. The first-order valence-electron chi connectivity index (χ1n) is 5.69. The fraction of sp³-hybridized carbons (Fsp3) is 0.538. The Morgan fingerprint density at radius 1 is 1.38 bits per heavy atom. The fourth-order valence-electron chi connectivity index (χ4n) is 2.55. The molecule has 0 aliphatic heterocycles. The minimum atomic E-state index is 0.0763. The van der Waals surface area contributed by atoms with E-state index in [1.54, 1.807) is 7.11 Å². The second-order valence-electron chi connectivity index (χ2n) is 4.58. The first-order valence-corrected chi connectivity index (χ1v) is 6.07. The van der Waals surface area contributed by atoms with E-state index in [-0.39, 0.29) is 11.5 Å². The lowest BCUT2D eigenvalue weighted by Gasteiger charge is -2.46. The third-order valence-electron chi connectivity index (χ3n) is 3.72. The quantitative estimate of drug-likeness (QED) is 0.877. The molecule has 1 atom stereocenters. The number of hydrogen-bond donors (Lipinski definition) is 1. The van der Waals surface area contributed by atoms with Crippen molar-refractivity contribution >= 4 is 11.6 Å². The minimum absolute atomic E-state index is 0.0763. The lowest BCUT2D eigenvalue weighted by molar-refractivity contribution is 0.104. The van der Waals surface area contributed by atoms with Crippen molar-refractivity contribution in [2.45, 2.75) is 30.7 Å². The Bertz CT molecular complexity index is 345. The van der Waals surface area contributed by atoms with Crippen molar-refractivity contribution in [1.82, 2.24) is 0 Å². The van der Waals surface area contributed by atoms with Crippen molar-refractivity contribution in [3.63, 3.8) is 0 Å². The molecule has 1 fully saturated rings. The van der Waals surface area contributed by atoms with Gasteiger partial charge in [-0.3, -0.25) is 0 Å². The zero-order valence-electron chi connectivity index (χ0n) is 9.58. The number of hydrogen-bond acceptors (Lipinski definition) is 2. The summed E-state index contributed by atoms with van der Waals surface area (Å²) in [4.78, 5) is 0. The summed E-state index contributed by atoms with van der Waals surface area (Å²) in [5.41, 5.74) is 7.65. The molecule has 1 aliphatic rings. The summed E-state index contributed by atoms with van der Waals surface area (Å²) in [5, 5.41) is 0.776. The zero-order valence-corrected chi connectivity index (χ0v) is 10.3. The van der Waals surface area contributed by atoms with Crippen LogP contribution in [-0.4, -0.2) is 19.8 Å². The molecule has 2 nitrogen and oxygen atoms in total. The Hall–Kier alpha value is -0.570. The number of methoxy groups -OCH3 is 1. The molecule has 88 valence electrons. The molecule has 0 spiro atoms. The smallest absolute Gasteiger partial charge is 0.0622 e. The van der Waals surface area contributed by atoms with Crippen LogP contribution < -0.4 is 5.73 Å². The maximum atomic E-state index is 6.24. The molecule has 1 aliphatic carbocycles. The molecule has 1 unspecified atom stereocenters. The van der Waals surface area contributed by atoms with Crippen LogP contribution in [0.5, 0.6) is 0 Å². The van der Waals surface area contributed by atoms with E-state index in [2.05, 4.69) is 12.1 Å². The van der Waals surface area contributed by atoms with Gasteiger partial charge in [-0.2, -0.15) is 0 Å². The van der Waals surface area contributed by atoms with Gasteiger partial charge in [0, 0.05) is 23.6 Å². The summed E-state index contributed by atoms with van der Waals surface area (Å²) < 4.78 is 5.18. The molecule has 0 bridgehead atoms. The molecule has 0 saturated heterocycles. The van der Waals surface area contributed by atoms with E-state index in [0.29, 0.717) is 6.61 Å². The third-order valence-corrected chi connectivity index (χ3v) is 3.97. The minimum Gasteiger partial charge on any atom is -0.383 e. The number of rotatable bonds is 4. The van der Waals surface area contributed by atoms with Crippen LogP contribution in [0.1, 0.15) is 24.8 Å². The molecule has 3 heteroatoms. The van der Waals surface area contributed by atoms with Crippen molar-refractivity contribution in [2.75, 3.05) is 13.7 Å². The molecule has 1 aromatic carbocycles. The molecule has 0 radical (unpaired) electrons. The normalized spacial score (nSPS) is 20.2. The number of halogens is 1. The second kappa shape index (κ2) is 4.74. The average Bonchev–Trinajstić information content (AvgIpc) is 2.19. The van der Waals surface area contributed by atoms with Crippen molar-refractivity contribution in [3.8, 4) is 0 Å². The molecular weight excluding hydrogens is 222 g/mol. The molecular formula is C13H18ClNO. The molecule has 16 heavy (non-hydrogen) atoms. The first kappa shape index (κ1) is 11.9. The van der Waals surface area contributed by atoms with Gasteiger partial charge < -0.3 is 10.5 Å². The van der Waals surface area contributed by atoms with Crippen molar-refractivity contribution < 1.29 is 4.74 Å². The number of benzene rings is 1. The molecule has 0 aromatic heterocycles. The summed E-state index contributed by atoms with van der Waals surface area (Å²) in [6.45, 7) is 0.614. The molecule has 2 N–H and O–H groups in total. The Labute approximate surface area is 102 Å². The largest absolute Gasteiger partial charge is 0.383 e. The van der Waals surface area contributed by atoms with Gasteiger partial charge in [-0.05, 0) is 30.5 Å². The van der Waals surface area contributed by atoms with Gasteiger partial charge in [0.15, 0.2) is 0 Å². The van der Waals surface area contributed by atoms with Crippen molar-refractivity contribution in [2.24, 2.45) is 5.73 Å². The molecule has 0 heterocycles. The summed E-state index contributed by atoms with van der Waals surface area (Å²) in [5.74, 6) is 0. The Kier molecular flexibility index (Phi) is 3.53. The van der Waals surface area contributed by atoms with Gasteiger partial charge in [0.05, 0.1) is 6.61 Å². The fourth-order valence-corrected chi connectivity index (χ4v) is 2.68. The van der Waals surface area contributed by atoms with E-state index < -0.39 is 0 Å². The summed E-state index contributed by atoms with van der Waals surface area (Å²) in [6.07, 6.45) is 3.55. The van der Waals surface area contributed by atoms with Crippen LogP contribution in [0.25, 0.3) is 0 Å². The Morgan fingerprint density at radius 3 is 2.44 bits per heavy atom.